The Morgan fingerprint density at radius 3 is 2.62 bits per heavy atom. The highest BCUT2D eigenvalue weighted by atomic mass is 16.3. The Morgan fingerprint density at radius 1 is 1.21 bits per heavy atom. The lowest BCUT2D eigenvalue weighted by atomic mass is 9.85. The Morgan fingerprint density at radius 2 is 1.92 bits per heavy atom. The highest BCUT2D eigenvalue weighted by Crippen LogP contribution is 2.28. The molecule has 1 aliphatic rings. The van der Waals surface area contributed by atoms with E-state index in [2.05, 4.69) is 36.3 Å². The molecule has 1 heterocycles. The topological polar surface area (TPSA) is 65.1 Å². The summed E-state index contributed by atoms with van der Waals surface area (Å²) in [5.74, 6) is -0.0165. The molecule has 130 valence electrons. The van der Waals surface area contributed by atoms with Crippen molar-refractivity contribution in [3.63, 3.8) is 0 Å². The molecule has 1 aromatic heterocycles. The highest BCUT2D eigenvalue weighted by Gasteiger charge is 2.29. The zero-order valence-corrected chi connectivity index (χ0v) is 15.0. The molecular weight excluding hydrogens is 300 g/mol. The quantitative estimate of drug-likeness (QED) is 0.805. The standard InChI is InChI=1S/C20H28N2O2/c1-13-9-14(2)19-17(10-13)16(15(3)22-19)11-18(23)21-12-20(24)7-5-4-6-8-20/h9-10,22,24H,4-8,11-12H2,1-3H3,(H,21,23). The van der Waals surface area contributed by atoms with Crippen molar-refractivity contribution in [2.75, 3.05) is 6.54 Å². The number of nitrogens with one attached hydrogen (secondary N) is 2. The van der Waals surface area contributed by atoms with Gasteiger partial charge < -0.3 is 15.4 Å². The first-order valence-corrected chi connectivity index (χ1v) is 8.95. The monoisotopic (exact) mass is 328 g/mol. The minimum absolute atomic E-state index is 0.0165. The van der Waals surface area contributed by atoms with Crippen LogP contribution in [0.1, 0.15) is 54.5 Å². The molecule has 1 saturated carbocycles. The summed E-state index contributed by atoms with van der Waals surface area (Å²) in [6.45, 7) is 6.56. The number of hydrogen-bond acceptors (Lipinski definition) is 2. The molecular formula is C20H28N2O2. The lowest BCUT2D eigenvalue weighted by Gasteiger charge is -2.32. The molecule has 0 radical (unpaired) electrons. The van der Waals surface area contributed by atoms with Crippen molar-refractivity contribution in [2.45, 2.75) is 64.9 Å². The summed E-state index contributed by atoms with van der Waals surface area (Å²) < 4.78 is 0. The van der Waals surface area contributed by atoms with Gasteiger partial charge in [0.15, 0.2) is 0 Å². The number of aromatic amines is 1. The van der Waals surface area contributed by atoms with Gasteiger partial charge in [-0.1, -0.05) is 30.9 Å². The van der Waals surface area contributed by atoms with Gasteiger partial charge in [0.1, 0.15) is 0 Å². The molecule has 0 saturated heterocycles. The van der Waals surface area contributed by atoms with Crippen LogP contribution in [0.15, 0.2) is 12.1 Å². The number of benzene rings is 1. The number of aryl methyl sites for hydroxylation is 3. The minimum atomic E-state index is -0.712. The van der Waals surface area contributed by atoms with Crippen LogP contribution >= 0.6 is 0 Å². The smallest absolute Gasteiger partial charge is 0.224 e. The normalized spacial score (nSPS) is 17.2. The van der Waals surface area contributed by atoms with Gasteiger partial charge in [0.05, 0.1) is 12.0 Å². The first kappa shape index (κ1) is 17.0. The molecule has 0 spiro atoms. The van der Waals surface area contributed by atoms with E-state index in [1.807, 2.05) is 6.92 Å². The molecule has 2 aromatic rings. The van der Waals surface area contributed by atoms with Crippen molar-refractivity contribution >= 4 is 16.8 Å². The predicted octanol–water partition coefficient (Wildman–Crippen LogP) is 3.45. The third-order valence-corrected chi connectivity index (χ3v) is 5.31. The molecule has 3 N–H and O–H groups in total. The lowest BCUT2D eigenvalue weighted by Crippen LogP contribution is -2.44. The summed E-state index contributed by atoms with van der Waals surface area (Å²) >= 11 is 0. The van der Waals surface area contributed by atoms with Crippen LogP contribution in [0.25, 0.3) is 10.9 Å². The summed E-state index contributed by atoms with van der Waals surface area (Å²) in [4.78, 5) is 15.8. The second-order valence-corrected chi connectivity index (χ2v) is 7.47. The van der Waals surface area contributed by atoms with Crippen molar-refractivity contribution in [2.24, 2.45) is 0 Å². The number of fused-ring (bicyclic) bond motifs is 1. The zero-order chi connectivity index (χ0) is 17.3. The van der Waals surface area contributed by atoms with Gasteiger partial charge in [0, 0.05) is 23.1 Å². The maximum Gasteiger partial charge on any atom is 0.224 e. The van der Waals surface area contributed by atoms with Gasteiger partial charge in [-0.2, -0.15) is 0 Å². The van der Waals surface area contributed by atoms with Gasteiger partial charge in [-0.25, -0.2) is 0 Å². The third-order valence-electron chi connectivity index (χ3n) is 5.31. The van der Waals surface area contributed by atoms with Gasteiger partial charge in [-0.15, -0.1) is 0 Å². The molecule has 4 nitrogen and oxygen atoms in total. The predicted molar refractivity (Wildman–Crippen MR) is 97.3 cm³/mol. The maximum absolute atomic E-state index is 12.4. The van der Waals surface area contributed by atoms with Crippen LogP contribution in [0.2, 0.25) is 0 Å². The van der Waals surface area contributed by atoms with E-state index in [0.29, 0.717) is 13.0 Å². The van der Waals surface area contributed by atoms with Crippen LogP contribution in [-0.2, 0) is 11.2 Å². The number of hydrogen-bond donors (Lipinski definition) is 3. The van der Waals surface area contributed by atoms with E-state index in [9.17, 15) is 9.90 Å². The van der Waals surface area contributed by atoms with Crippen molar-refractivity contribution in [3.05, 3.63) is 34.5 Å². The Hall–Kier alpha value is -1.81. The molecule has 1 aromatic carbocycles. The fourth-order valence-electron chi connectivity index (χ4n) is 3.94. The van der Waals surface area contributed by atoms with Gasteiger partial charge in [-0.3, -0.25) is 4.79 Å². The lowest BCUT2D eigenvalue weighted by molar-refractivity contribution is -0.122. The fourth-order valence-corrected chi connectivity index (χ4v) is 3.94. The highest BCUT2D eigenvalue weighted by molar-refractivity contribution is 5.92. The average molecular weight is 328 g/mol. The molecule has 1 aliphatic carbocycles. The van der Waals surface area contributed by atoms with Crippen LogP contribution < -0.4 is 5.32 Å². The second kappa shape index (κ2) is 6.60. The van der Waals surface area contributed by atoms with E-state index in [4.69, 9.17) is 0 Å². The van der Waals surface area contributed by atoms with Crippen LogP contribution in [0, 0.1) is 20.8 Å². The van der Waals surface area contributed by atoms with Crippen molar-refractivity contribution < 1.29 is 9.90 Å². The summed E-state index contributed by atoms with van der Waals surface area (Å²) in [6, 6.07) is 4.30. The van der Waals surface area contributed by atoms with E-state index in [-0.39, 0.29) is 5.91 Å². The van der Waals surface area contributed by atoms with Gasteiger partial charge in [-0.05, 0) is 50.8 Å². The number of aliphatic hydroxyl groups is 1. The Labute approximate surface area is 143 Å². The van der Waals surface area contributed by atoms with Crippen molar-refractivity contribution in [3.8, 4) is 0 Å². The molecule has 0 unspecified atom stereocenters. The SMILES string of the molecule is Cc1cc(C)c2[nH]c(C)c(CC(=O)NCC3(O)CCCCC3)c2c1. The van der Waals surface area contributed by atoms with Crippen LogP contribution in [0.4, 0.5) is 0 Å². The van der Waals surface area contributed by atoms with E-state index < -0.39 is 5.60 Å². The molecule has 1 amide bonds. The number of carbonyl (C=O) groups excluding carboxylic acids is 1. The van der Waals surface area contributed by atoms with Gasteiger partial charge in [0.25, 0.3) is 0 Å². The number of H-pyrrole nitrogens is 1. The van der Waals surface area contributed by atoms with E-state index in [1.54, 1.807) is 0 Å². The molecule has 1 fully saturated rings. The number of amides is 1. The number of carbonyl (C=O) groups is 1. The van der Waals surface area contributed by atoms with Crippen LogP contribution in [0.3, 0.4) is 0 Å². The summed E-state index contributed by atoms with van der Waals surface area (Å²) in [5, 5.41) is 14.6. The minimum Gasteiger partial charge on any atom is -0.388 e. The van der Waals surface area contributed by atoms with E-state index >= 15 is 0 Å². The molecule has 24 heavy (non-hydrogen) atoms. The summed E-state index contributed by atoms with van der Waals surface area (Å²) in [6.07, 6.45) is 5.21. The average Bonchev–Trinajstić information content (AvgIpc) is 2.83. The first-order chi connectivity index (χ1) is 11.4. The molecule has 4 heteroatoms. The summed E-state index contributed by atoms with van der Waals surface area (Å²) in [7, 11) is 0. The molecule has 0 atom stereocenters. The largest absolute Gasteiger partial charge is 0.388 e. The second-order valence-electron chi connectivity index (χ2n) is 7.47. The first-order valence-electron chi connectivity index (χ1n) is 8.95. The summed E-state index contributed by atoms with van der Waals surface area (Å²) in [5.41, 5.74) is 4.92. The zero-order valence-electron chi connectivity index (χ0n) is 15.0. The van der Waals surface area contributed by atoms with Crippen LogP contribution in [0.5, 0.6) is 0 Å². The Kier molecular flexibility index (Phi) is 4.68. The Bertz CT molecular complexity index is 755. The van der Waals surface area contributed by atoms with Gasteiger partial charge in [0.2, 0.25) is 5.91 Å². The molecule has 0 bridgehead atoms. The van der Waals surface area contributed by atoms with Crippen molar-refractivity contribution in [1.82, 2.24) is 10.3 Å². The van der Waals surface area contributed by atoms with Crippen molar-refractivity contribution in [1.29, 1.82) is 0 Å². The molecule has 0 aliphatic heterocycles. The molecule has 3 rings (SSSR count). The van der Waals surface area contributed by atoms with E-state index in [1.165, 1.54) is 17.5 Å². The Balaban J connectivity index is 1.72. The number of aromatic nitrogens is 1. The maximum atomic E-state index is 12.4. The van der Waals surface area contributed by atoms with E-state index in [0.717, 1.165) is 47.8 Å². The fraction of sp³-hybridized carbons (Fsp3) is 0.550. The van der Waals surface area contributed by atoms with Gasteiger partial charge >= 0.3 is 0 Å². The number of rotatable bonds is 4. The third kappa shape index (κ3) is 3.48. The van der Waals surface area contributed by atoms with Crippen LogP contribution in [-0.4, -0.2) is 28.1 Å².